The molecule has 132 valence electrons. The second kappa shape index (κ2) is 6.59. The molecule has 3 heterocycles. The third-order valence-corrected chi connectivity index (χ3v) is 5.49. The minimum Gasteiger partial charge on any atom is -0.308 e. The van der Waals surface area contributed by atoms with Crippen LogP contribution in [-0.2, 0) is 11.8 Å². The number of carbonyl (C=O) groups is 1. The Morgan fingerprint density at radius 2 is 2.00 bits per heavy atom. The van der Waals surface area contributed by atoms with Gasteiger partial charge in [0.15, 0.2) is 0 Å². The van der Waals surface area contributed by atoms with Gasteiger partial charge in [0.1, 0.15) is 5.82 Å². The second-order valence-electron chi connectivity index (χ2n) is 6.96. The summed E-state index contributed by atoms with van der Waals surface area (Å²) in [5.41, 5.74) is 1.62. The van der Waals surface area contributed by atoms with Gasteiger partial charge in [-0.25, -0.2) is 4.39 Å². The van der Waals surface area contributed by atoms with E-state index in [1.807, 2.05) is 17.9 Å². The number of benzene rings is 1. The Morgan fingerprint density at radius 3 is 2.76 bits per heavy atom. The summed E-state index contributed by atoms with van der Waals surface area (Å²) >= 11 is 0. The minimum absolute atomic E-state index is 0.0238. The molecule has 5 nitrogen and oxygen atoms in total. The summed E-state index contributed by atoms with van der Waals surface area (Å²) in [5.74, 6) is 0.0928. The topological polar surface area (TPSA) is 41.4 Å². The number of aryl methyl sites for hydroxylation is 1. The zero-order valence-electron chi connectivity index (χ0n) is 14.4. The summed E-state index contributed by atoms with van der Waals surface area (Å²) in [6, 6.07) is 8.45. The average molecular weight is 342 g/mol. The number of aromatic nitrogens is 2. The van der Waals surface area contributed by atoms with Crippen LogP contribution in [0.25, 0.3) is 0 Å². The van der Waals surface area contributed by atoms with Crippen molar-refractivity contribution in [1.29, 1.82) is 0 Å². The monoisotopic (exact) mass is 342 g/mol. The Hall–Kier alpha value is -2.21. The average Bonchev–Trinajstić information content (AvgIpc) is 3.21. The maximum absolute atomic E-state index is 14.1. The molecule has 0 radical (unpaired) electrons. The number of likely N-dealkylation sites (tertiary alicyclic amines) is 1. The molecule has 2 aromatic rings. The number of hydrogen-bond donors (Lipinski definition) is 0. The first-order chi connectivity index (χ1) is 12.1. The number of amides is 1. The summed E-state index contributed by atoms with van der Waals surface area (Å²) in [5, 5.41) is 4.27. The van der Waals surface area contributed by atoms with Gasteiger partial charge in [0.2, 0.25) is 5.91 Å². The molecule has 0 unspecified atom stereocenters. The number of anilines is 1. The largest absolute Gasteiger partial charge is 0.308 e. The first-order valence-electron chi connectivity index (χ1n) is 8.93. The molecule has 2 atom stereocenters. The maximum Gasteiger partial charge on any atom is 0.244 e. The van der Waals surface area contributed by atoms with Gasteiger partial charge in [0.05, 0.1) is 11.7 Å². The molecule has 0 aliphatic carbocycles. The van der Waals surface area contributed by atoms with E-state index in [0.717, 1.165) is 32.4 Å². The predicted molar refractivity (Wildman–Crippen MR) is 93.9 cm³/mol. The quantitative estimate of drug-likeness (QED) is 0.861. The number of nitrogens with zero attached hydrogens (tertiary/aromatic N) is 4. The molecule has 2 fully saturated rings. The van der Waals surface area contributed by atoms with Gasteiger partial charge < -0.3 is 4.90 Å². The van der Waals surface area contributed by atoms with Crippen molar-refractivity contribution in [3.8, 4) is 0 Å². The third kappa shape index (κ3) is 2.95. The van der Waals surface area contributed by atoms with Crippen LogP contribution in [-0.4, -0.2) is 46.3 Å². The first kappa shape index (κ1) is 16.3. The lowest BCUT2D eigenvalue weighted by molar-refractivity contribution is -0.122. The van der Waals surface area contributed by atoms with E-state index in [9.17, 15) is 9.18 Å². The fourth-order valence-corrected chi connectivity index (χ4v) is 4.23. The van der Waals surface area contributed by atoms with Gasteiger partial charge >= 0.3 is 0 Å². The van der Waals surface area contributed by atoms with E-state index in [1.165, 1.54) is 11.8 Å². The molecule has 1 aromatic carbocycles. The number of rotatable bonds is 3. The Kier molecular flexibility index (Phi) is 4.29. The van der Waals surface area contributed by atoms with Crippen molar-refractivity contribution in [3.05, 3.63) is 48.0 Å². The van der Waals surface area contributed by atoms with E-state index in [-0.39, 0.29) is 17.8 Å². The molecule has 2 aliphatic heterocycles. The Bertz CT molecular complexity index is 774. The van der Waals surface area contributed by atoms with Crippen LogP contribution in [0.5, 0.6) is 0 Å². The van der Waals surface area contributed by atoms with Crippen molar-refractivity contribution >= 4 is 11.6 Å². The summed E-state index contributed by atoms with van der Waals surface area (Å²) in [7, 11) is 1.97. The highest BCUT2D eigenvalue weighted by atomic mass is 19.1. The van der Waals surface area contributed by atoms with E-state index < -0.39 is 0 Å². The molecule has 0 N–H and O–H groups in total. The van der Waals surface area contributed by atoms with E-state index in [1.54, 1.807) is 23.1 Å². The molecule has 2 saturated heterocycles. The van der Waals surface area contributed by atoms with Gasteiger partial charge in [-0.2, -0.15) is 5.10 Å². The van der Waals surface area contributed by atoms with E-state index >= 15 is 0 Å². The third-order valence-electron chi connectivity index (χ3n) is 5.49. The van der Waals surface area contributed by atoms with Gasteiger partial charge in [-0.1, -0.05) is 12.1 Å². The van der Waals surface area contributed by atoms with Crippen molar-refractivity contribution in [2.24, 2.45) is 7.05 Å². The van der Waals surface area contributed by atoms with Crippen molar-refractivity contribution in [3.63, 3.8) is 0 Å². The number of piperidine rings is 1. The highest BCUT2D eigenvalue weighted by Crippen LogP contribution is 2.32. The standard InChI is InChI=1S/C19H23FN4O/c1-22-16(8-10-21-22)14-5-4-11-23(13-14)18-9-12-24(19(18)25)17-7-3-2-6-15(17)20/h2-3,6-8,10,14,18H,4-5,9,11-13H2,1H3/t14-,18+/m1/s1. The fourth-order valence-electron chi connectivity index (χ4n) is 4.23. The molecular formula is C19H23FN4O. The molecule has 0 saturated carbocycles. The molecule has 0 spiro atoms. The SMILES string of the molecule is Cn1nccc1[C@@H]1CCCN([C@H]2CCN(c3ccccc3F)C2=O)C1. The Balaban J connectivity index is 1.50. The van der Waals surface area contributed by atoms with Crippen molar-refractivity contribution < 1.29 is 9.18 Å². The van der Waals surface area contributed by atoms with E-state index in [0.29, 0.717) is 18.2 Å². The van der Waals surface area contributed by atoms with Crippen LogP contribution >= 0.6 is 0 Å². The zero-order valence-corrected chi connectivity index (χ0v) is 14.4. The van der Waals surface area contributed by atoms with Crippen LogP contribution < -0.4 is 4.90 Å². The fraction of sp³-hybridized carbons (Fsp3) is 0.474. The summed E-state index contributed by atoms with van der Waals surface area (Å²) in [6.45, 7) is 2.37. The van der Waals surface area contributed by atoms with Gasteiger partial charge in [-0.05, 0) is 44.0 Å². The molecule has 4 rings (SSSR count). The van der Waals surface area contributed by atoms with Crippen LogP contribution in [0.2, 0.25) is 0 Å². The number of carbonyl (C=O) groups excluding carboxylic acids is 1. The van der Waals surface area contributed by atoms with Crippen molar-refractivity contribution in [1.82, 2.24) is 14.7 Å². The first-order valence-corrected chi connectivity index (χ1v) is 8.93. The maximum atomic E-state index is 14.1. The van der Waals surface area contributed by atoms with Crippen LogP contribution in [0.15, 0.2) is 36.5 Å². The highest BCUT2D eigenvalue weighted by molar-refractivity contribution is 5.99. The molecule has 2 aliphatic rings. The van der Waals surface area contributed by atoms with Gasteiger partial charge in [-0.15, -0.1) is 0 Å². The predicted octanol–water partition coefficient (Wildman–Crippen LogP) is 2.54. The highest BCUT2D eigenvalue weighted by Gasteiger charge is 2.39. The van der Waals surface area contributed by atoms with Crippen molar-refractivity contribution in [2.45, 2.75) is 31.2 Å². The lowest BCUT2D eigenvalue weighted by atomic mass is 9.93. The van der Waals surface area contributed by atoms with Crippen LogP contribution in [0, 0.1) is 5.82 Å². The van der Waals surface area contributed by atoms with Crippen LogP contribution in [0.4, 0.5) is 10.1 Å². The van der Waals surface area contributed by atoms with Crippen molar-refractivity contribution in [2.75, 3.05) is 24.5 Å². The molecule has 25 heavy (non-hydrogen) atoms. The normalized spacial score (nSPS) is 24.9. The summed E-state index contributed by atoms with van der Waals surface area (Å²) in [6.07, 6.45) is 4.77. The number of halogens is 1. The second-order valence-corrected chi connectivity index (χ2v) is 6.96. The van der Waals surface area contributed by atoms with E-state index in [4.69, 9.17) is 0 Å². The van der Waals surface area contributed by atoms with Gasteiger partial charge in [0.25, 0.3) is 0 Å². The Labute approximate surface area is 147 Å². The lowest BCUT2D eigenvalue weighted by Crippen LogP contribution is -2.46. The molecule has 0 bridgehead atoms. The molecular weight excluding hydrogens is 319 g/mol. The number of hydrogen-bond acceptors (Lipinski definition) is 3. The van der Waals surface area contributed by atoms with Crippen LogP contribution in [0.3, 0.4) is 0 Å². The minimum atomic E-state index is -0.331. The summed E-state index contributed by atoms with van der Waals surface area (Å²) < 4.78 is 16.0. The van der Waals surface area contributed by atoms with Gasteiger partial charge in [0, 0.05) is 37.9 Å². The summed E-state index contributed by atoms with van der Waals surface area (Å²) in [4.78, 5) is 16.8. The Morgan fingerprint density at radius 1 is 1.16 bits per heavy atom. The van der Waals surface area contributed by atoms with Crippen LogP contribution in [0.1, 0.15) is 30.9 Å². The van der Waals surface area contributed by atoms with Gasteiger partial charge in [-0.3, -0.25) is 14.4 Å². The molecule has 1 aromatic heterocycles. The smallest absolute Gasteiger partial charge is 0.244 e. The molecule has 1 amide bonds. The zero-order chi connectivity index (χ0) is 17.4. The molecule has 6 heteroatoms. The number of para-hydroxylation sites is 1. The van der Waals surface area contributed by atoms with E-state index in [2.05, 4.69) is 16.1 Å². The lowest BCUT2D eigenvalue weighted by Gasteiger charge is -2.36.